The Bertz CT molecular complexity index is 838. The van der Waals surface area contributed by atoms with Crippen LogP contribution in [0.2, 0.25) is 5.02 Å². The molecule has 0 bridgehead atoms. The first-order valence-electron chi connectivity index (χ1n) is 8.46. The van der Waals surface area contributed by atoms with Gasteiger partial charge in [-0.2, -0.15) is 0 Å². The van der Waals surface area contributed by atoms with E-state index >= 15 is 0 Å². The Labute approximate surface area is 160 Å². The Morgan fingerprint density at radius 2 is 1.52 bits per heavy atom. The number of piperidine rings is 1. The van der Waals surface area contributed by atoms with E-state index in [1.165, 1.54) is 0 Å². The number of phenols is 3. The van der Waals surface area contributed by atoms with E-state index < -0.39 is 17.2 Å². The average Bonchev–Trinajstić information content (AvgIpc) is 2.66. The molecule has 7 nitrogen and oxygen atoms in total. The molecular formula is C19H19ClN2O5. The second kappa shape index (κ2) is 7.75. The summed E-state index contributed by atoms with van der Waals surface area (Å²) in [5, 5.41) is 32.0. The van der Waals surface area contributed by atoms with Gasteiger partial charge in [-0.15, -0.1) is 0 Å². The van der Waals surface area contributed by atoms with Crippen molar-refractivity contribution in [1.82, 2.24) is 10.2 Å². The van der Waals surface area contributed by atoms with Crippen LogP contribution in [-0.2, 0) is 0 Å². The minimum absolute atomic E-state index is 0.0566. The molecule has 27 heavy (non-hydrogen) atoms. The van der Waals surface area contributed by atoms with Crippen molar-refractivity contribution in [2.24, 2.45) is 0 Å². The second-order valence-electron chi connectivity index (χ2n) is 6.41. The van der Waals surface area contributed by atoms with Gasteiger partial charge >= 0.3 is 0 Å². The minimum atomic E-state index is -0.657. The van der Waals surface area contributed by atoms with E-state index in [2.05, 4.69) is 5.32 Å². The summed E-state index contributed by atoms with van der Waals surface area (Å²) in [6.07, 6.45) is 1.17. The lowest BCUT2D eigenvalue weighted by Crippen LogP contribution is -2.46. The molecule has 0 saturated carbocycles. The minimum Gasteiger partial charge on any atom is -0.504 e. The largest absolute Gasteiger partial charge is 0.504 e. The SMILES string of the molecule is O=C(NC1CCN(C(=O)c2cc(O)c(O)c(O)c2)CC1)c1ccc(Cl)cc1. The lowest BCUT2D eigenvalue weighted by molar-refractivity contribution is 0.0697. The molecule has 0 radical (unpaired) electrons. The van der Waals surface area contributed by atoms with Gasteiger partial charge in [0.05, 0.1) is 0 Å². The number of carbonyl (C=O) groups excluding carboxylic acids is 2. The van der Waals surface area contributed by atoms with Crippen LogP contribution in [0.1, 0.15) is 33.6 Å². The van der Waals surface area contributed by atoms with Crippen LogP contribution >= 0.6 is 11.6 Å². The number of aromatic hydroxyl groups is 3. The standard InChI is InChI=1S/C19H19ClN2O5/c20-13-3-1-11(2-4-13)18(26)21-14-5-7-22(8-6-14)19(27)12-9-15(23)17(25)16(24)10-12/h1-4,9-10,14,23-25H,5-8H2,(H,21,26). The van der Waals surface area contributed by atoms with E-state index in [4.69, 9.17) is 11.6 Å². The van der Waals surface area contributed by atoms with Gasteiger partial charge in [0, 0.05) is 35.3 Å². The Morgan fingerprint density at radius 1 is 0.963 bits per heavy atom. The van der Waals surface area contributed by atoms with E-state index in [0.29, 0.717) is 36.5 Å². The summed E-state index contributed by atoms with van der Waals surface area (Å²) in [6, 6.07) is 8.79. The summed E-state index contributed by atoms with van der Waals surface area (Å²) in [5.41, 5.74) is 0.611. The van der Waals surface area contributed by atoms with Gasteiger partial charge in [-0.25, -0.2) is 0 Å². The second-order valence-corrected chi connectivity index (χ2v) is 6.85. The maximum Gasteiger partial charge on any atom is 0.254 e. The van der Waals surface area contributed by atoms with Crippen LogP contribution in [0.15, 0.2) is 36.4 Å². The Hall–Kier alpha value is -2.93. The number of hydrogen-bond acceptors (Lipinski definition) is 5. The van der Waals surface area contributed by atoms with Crippen LogP contribution in [0, 0.1) is 0 Å². The van der Waals surface area contributed by atoms with Crippen molar-refractivity contribution in [1.29, 1.82) is 0 Å². The quantitative estimate of drug-likeness (QED) is 0.602. The number of carbonyl (C=O) groups is 2. The molecule has 1 heterocycles. The van der Waals surface area contributed by atoms with Crippen LogP contribution in [-0.4, -0.2) is 51.2 Å². The highest BCUT2D eigenvalue weighted by Gasteiger charge is 2.26. The predicted molar refractivity (Wildman–Crippen MR) is 99.3 cm³/mol. The molecule has 2 aromatic rings. The maximum atomic E-state index is 12.5. The number of nitrogens with one attached hydrogen (secondary N) is 1. The highest BCUT2D eigenvalue weighted by atomic mass is 35.5. The summed E-state index contributed by atoms with van der Waals surface area (Å²) in [4.78, 5) is 26.4. The number of halogens is 1. The molecule has 0 atom stereocenters. The van der Waals surface area contributed by atoms with Crippen molar-refractivity contribution in [3.63, 3.8) is 0 Å². The molecular weight excluding hydrogens is 372 g/mol. The van der Waals surface area contributed by atoms with Crippen molar-refractivity contribution < 1.29 is 24.9 Å². The number of nitrogens with zero attached hydrogens (tertiary/aromatic N) is 1. The van der Waals surface area contributed by atoms with Crippen molar-refractivity contribution >= 4 is 23.4 Å². The van der Waals surface area contributed by atoms with E-state index in [0.717, 1.165) is 12.1 Å². The topological polar surface area (TPSA) is 110 Å². The third-order valence-corrected chi connectivity index (χ3v) is 4.79. The molecule has 3 rings (SSSR count). The zero-order chi connectivity index (χ0) is 19.6. The van der Waals surface area contributed by atoms with Crippen molar-refractivity contribution in [2.75, 3.05) is 13.1 Å². The summed E-state index contributed by atoms with van der Waals surface area (Å²) >= 11 is 5.82. The van der Waals surface area contributed by atoms with Gasteiger partial charge in [0.15, 0.2) is 17.2 Å². The van der Waals surface area contributed by atoms with Crippen LogP contribution in [0.25, 0.3) is 0 Å². The Kier molecular flexibility index (Phi) is 5.41. The lowest BCUT2D eigenvalue weighted by atomic mass is 10.0. The van der Waals surface area contributed by atoms with Gasteiger partial charge in [0.2, 0.25) is 0 Å². The van der Waals surface area contributed by atoms with Gasteiger partial charge in [0.25, 0.3) is 11.8 Å². The van der Waals surface area contributed by atoms with Crippen molar-refractivity contribution in [3.05, 3.63) is 52.5 Å². The highest BCUT2D eigenvalue weighted by molar-refractivity contribution is 6.30. The van der Waals surface area contributed by atoms with Gasteiger partial charge in [0.1, 0.15) is 0 Å². The summed E-state index contributed by atoms with van der Waals surface area (Å²) in [5.74, 6) is -2.31. The first-order valence-corrected chi connectivity index (χ1v) is 8.83. The van der Waals surface area contributed by atoms with E-state index in [9.17, 15) is 24.9 Å². The van der Waals surface area contributed by atoms with Gasteiger partial charge in [-0.1, -0.05) is 11.6 Å². The molecule has 1 aliphatic heterocycles. The highest BCUT2D eigenvalue weighted by Crippen LogP contribution is 2.35. The normalized spacial score (nSPS) is 14.8. The van der Waals surface area contributed by atoms with E-state index in [1.807, 2.05) is 0 Å². The average molecular weight is 391 g/mol. The van der Waals surface area contributed by atoms with Crippen molar-refractivity contribution in [2.45, 2.75) is 18.9 Å². The first kappa shape index (κ1) is 18.8. The zero-order valence-corrected chi connectivity index (χ0v) is 15.1. The maximum absolute atomic E-state index is 12.5. The molecule has 1 fully saturated rings. The van der Waals surface area contributed by atoms with Crippen LogP contribution < -0.4 is 5.32 Å². The fourth-order valence-corrected chi connectivity index (χ4v) is 3.13. The lowest BCUT2D eigenvalue weighted by Gasteiger charge is -2.32. The predicted octanol–water partition coefficient (Wildman–Crippen LogP) is 2.49. The van der Waals surface area contributed by atoms with Crippen molar-refractivity contribution in [3.8, 4) is 17.2 Å². The molecule has 4 N–H and O–H groups in total. The monoisotopic (exact) mass is 390 g/mol. The van der Waals surface area contributed by atoms with Crippen LogP contribution in [0.5, 0.6) is 17.2 Å². The van der Waals surface area contributed by atoms with Gasteiger partial charge in [-0.3, -0.25) is 9.59 Å². The van der Waals surface area contributed by atoms with Gasteiger partial charge < -0.3 is 25.5 Å². The fraction of sp³-hybridized carbons (Fsp3) is 0.263. The molecule has 8 heteroatoms. The number of benzene rings is 2. The zero-order valence-electron chi connectivity index (χ0n) is 14.4. The molecule has 0 aromatic heterocycles. The van der Waals surface area contributed by atoms with Gasteiger partial charge in [-0.05, 0) is 49.2 Å². The third kappa shape index (κ3) is 4.25. The first-order chi connectivity index (χ1) is 12.8. The van der Waals surface area contributed by atoms with E-state index in [1.54, 1.807) is 29.2 Å². The molecule has 2 aromatic carbocycles. The van der Waals surface area contributed by atoms with Crippen LogP contribution in [0.4, 0.5) is 0 Å². The fourth-order valence-electron chi connectivity index (χ4n) is 3.01. The number of amides is 2. The smallest absolute Gasteiger partial charge is 0.254 e. The molecule has 0 unspecified atom stereocenters. The number of phenolic OH excluding ortho intramolecular Hbond substituents is 3. The Morgan fingerprint density at radius 3 is 2.07 bits per heavy atom. The summed E-state index contributed by atoms with van der Waals surface area (Å²) < 4.78 is 0. The summed E-state index contributed by atoms with van der Waals surface area (Å²) in [6.45, 7) is 0.847. The number of likely N-dealkylation sites (tertiary alicyclic amines) is 1. The molecule has 1 aliphatic rings. The summed E-state index contributed by atoms with van der Waals surface area (Å²) in [7, 11) is 0. The number of rotatable bonds is 3. The Balaban J connectivity index is 1.57. The molecule has 0 spiro atoms. The molecule has 142 valence electrons. The third-order valence-electron chi connectivity index (χ3n) is 4.54. The molecule has 1 saturated heterocycles. The van der Waals surface area contributed by atoms with E-state index in [-0.39, 0.29) is 23.4 Å². The number of hydrogen-bond donors (Lipinski definition) is 4. The molecule has 0 aliphatic carbocycles. The molecule has 2 amide bonds. The van der Waals surface area contributed by atoms with Crippen LogP contribution in [0.3, 0.4) is 0 Å².